The highest BCUT2D eigenvalue weighted by Crippen LogP contribution is 2.08. The molecule has 2 aromatic rings. The number of rotatable bonds is 3. The molecule has 5 nitrogen and oxygen atoms in total. The number of ether oxygens (including phenoxy) is 1. The van der Waals surface area contributed by atoms with Gasteiger partial charge in [0.1, 0.15) is 5.82 Å². The molecule has 0 spiro atoms. The molecule has 2 heterocycles. The van der Waals surface area contributed by atoms with E-state index in [2.05, 4.69) is 15.3 Å². The minimum atomic E-state index is -0.0747. The quantitative estimate of drug-likeness (QED) is 0.869. The number of nitrogens with zero attached hydrogens (tertiary/aromatic N) is 1. The highest BCUT2D eigenvalue weighted by Gasteiger charge is 2.13. The number of para-hydroxylation sites is 1. The molecule has 100 valence electrons. The SMILES string of the molecule is O=c1[nH]c(CNC2CCOCC2)nc2ccccc12. The van der Waals surface area contributed by atoms with Crippen LogP contribution >= 0.6 is 0 Å². The molecule has 0 bridgehead atoms. The zero-order valence-electron chi connectivity index (χ0n) is 10.7. The number of benzene rings is 1. The van der Waals surface area contributed by atoms with E-state index < -0.39 is 0 Å². The van der Waals surface area contributed by atoms with E-state index in [1.807, 2.05) is 18.2 Å². The fourth-order valence-electron chi connectivity index (χ4n) is 2.36. The molecule has 1 saturated heterocycles. The van der Waals surface area contributed by atoms with Gasteiger partial charge < -0.3 is 15.0 Å². The van der Waals surface area contributed by atoms with Gasteiger partial charge >= 0.3 is 0 Å². The summed E-state index contributed by atoms with van der Waals surface area (Å²) in [5.74, 6) is 0.690. The predicted molar refractivity (Wildman–Crippen MR) is 73.0 cm³/mol. The van der Waals surface area contributed by atoms with Crippen molar-refractivity contribution in [2.45, 2.75) is 25.4 Å². The van der Waals surface area contributed by atoms with Gasteiger partial charge in [0.15, 0.2) is 0 Å². The summed E-state index contributed by atoms with van der Waals surface area (Å²) in [6, 6.07) is 7.84. The van der Waals surface area contributed by atoms with E-state index in [0.717, 1.165) is 31.6 Å². The van der Waals surface area contributed by atoms with Gasteiger partial charge in [-0.05, 0) is 25.0 Å². The standard InChI is InChI=1S/C14H17N3O2/c18-14-11-3-1-2-4-12(11)16-13(17-14)9-15-10-5-7-19-8-6-10/h1-4,10,15H,5-9H2,(H,16,17,18). The molecule has 0 atom stereocenters. The fraction of sp³-hybridized carbons (Fsp3) is 0.429. The van der Waals surface area contributed by atoms with Gasteiger partial charge in [0.05, 0.1) is 17.4 Å². The second-order valence-electron chi connectivity index (χ2n) is 4.80. The summed E-state index contributed by atoms with van der Waals surface area (Å²) >= 11 is 0. The lowest BCUT2D eigenvalue weighted by Crippen LogP contribution is -2.35. The molecule has 2 N–H and O–H groups in total. The molecule has 1 aliphatic heterocycles. The van der Waals surface area contributed by atoms with Crippen LogP contribution in [0.4, 0.5) is 0 Å². The van der Waals surface area contributed by atoms with Crippen LogP contribution in [0.2, 0.25) is 0 Å². The Bertz CT molecular complexity index is 617. The Kier molecular flexibility index (Phi) is 3.57. The highest BCUT2D eigenvalue weighted by atomic mass is 16.5. The summed E-state index contributed by atoms with van der Waals surface area (Å²) in [6.07, 6.45) is 2.02. The first-order chi connectivity index (χ1) is 9.33. The van der Waals surface area contributed by atoms with E-state index in [1.54, 1.807) is 6.07 Å². The van der Waals surface area contributed by atoms with Gasteiger partial charge in [0.2, 0.25) is 0 Å². The van der Waals surface area contributed by atoms with Crippen LogP contribution in [0, 0.1) is 0 Å². The van der Waals surface area contributed by atoms with Crippen LogP contribution in [-0.2, 0) is 11.3 Å². The van der Waals surface area contributed by atoms with Crippen LogP contribution in [0.15, 0.2) is 29.1 Å². The van der Waals surface area contributed by atoms with E-state index in [-0.39, 0.29) is 5.56 Å². The van der Waals surface area contributed by atoms with Gasteiger partial charge in [0, 0.05) is 19.3 Å². The molecule has 0 unspecified atom stereocenters. The van der Waals surface area contributed by atoms with Crippen molar-refractivity contribution in [3.05, 3.63) is 40.4 Å². The minimum Gasteiger partial charge on any atom is -0.381 e. The molecule has 3 rings (SSSR count). The molecular formula is C14H17N3O2. The number of H-pyrrole nitrogens is 1. The van der Waals surface area contributed by atoms with Crippen molar-refractivity contribution in [3.8, 4) is 0 Å². The van der Waals surface area contributed by atoms with Gasteiger partial charge in [-0.3, -0.25) is 4.79 Å². The molecule has 1 aromatic carbocycles. The number of hydrogen-bond donors (Lipinski definition) is 2. The average molecular weight is 259 g/mol. The van der Waals surface area contributed by atoms with Crippen molar-refractivity contribution in [2.24, 2.45) is 0 Å². The maximum atomic E-state index is 11.9. The topological polar surface area (TPSA) is 67.0 Å². The number of hydrogen-bond acceptors (Lipinski definition) is 4. The molecule has 1 fully saturated rings. The third-order valence-electron chi connectivity index (χ3n) is 3.44. The van der Waals surface area contributed by atoms with Gasteiger partial charge in [-0.2, -0.15) is 0 Å². The molecule has 0 radical (unpaired) electrons. The third-order valence-corrected chi connectivity index (χ3v) is 3.44. The molecule has 5 heteroatoms. The number of aromatic nitrogens is 2. The third kappa shape index (κ3) is 2.83. The summed E-state index contributed by atoms with van der Waals surface area (Å²) in [5.41, 5.74) is 0.671. The monoisotopic (exact) mass is 259 g/mol. The Morgan fingerprint density at radius 1 is 1.32 bits per heavy atom. The van der Waals surface area contributed by atoms with E-state index in [0.29, 0.717) is 23.8 Å². The van der Waals surface area contributed by atoms with Crippen LogP contribution in [0.3, 0.4) is 0 Å². The average Bonchev–Trinajstić information content (AvgIpc) is 2.46. The van der Waals surface area contributed by atoms with Crippen molar-refractivity contribution >= 4 is 10.9 Å². The molecule has 0 amide bonds. The predicted octanol–water partition coefficient (Wildman–Crippen LogP) is 1.19. The van der Waals surface area contributed by atoms with Crippen molar-refractivity contribution in [3.63, 3.8) is 0 Å². The second kappa shape index (κ2) is 5.50. The summed E-state index contributed by atoms with van der Waals surface area (Å²) in [6.45, 7) is 2.20. The van der Waals surface area contributed by atoms with Crippen LogP contribution in [0.5, 0.6) is 0 Å². The van der Waals surface area contributed by atoms with E-state index in [1.165, 1.54) is 0 Å². The maximum absolute atomic E-state index is 11.9. The first kappa shape index (κ1) is 12.3. The number of fused-ring (bicyclic) bond motifs is 1. The number of nitrogens with one attached hydrogen (secondary N) is 2. The summed E-state index contributed by atoms with van der Waals surface area (Å²) in [4.78, 5) is 19.2. The normalized spacial score (nSPS) is 16.8. The highest BCUT2D eigenvalue weighted by molar-refractivity contribution is 5.77. The Morgan fingerprint density at radius 3 is 2.95 bits per heavy atom. The maximum Gasteiger partial charge on any atom is 0.258 e. The van der Waals surface area contributed by atoms with Gasteiger partial charge in [-0.25, -0.2) is 4.98 Å². The van der Waals surface area contributed by atoms with Crippen molar-refractivity contribution in [1.82, 2.24) is 15.3 Å². The first-order valence-electron chi connectivity index (χ1n) is 6.62. The van der Waals surface area contributed by atoms with Gasteiger partial charge in [0.25, 0.3) is 5.56 Å². The molecule has 0 aliphatic carbocycles. The smallest absolute Gasteiger partial charge is 0.258 e. The molecule has 0 saturated carbocycles. The molecule has 1 aromatic heterocycles. The van der Waals surface area contributed by atoms with Crippen molar-refractivity contribution < 1.29 is 4.74 Å². The minimum absolute atomic E-state index is 0.0747. The largest absolute Gasteiger partial charge is 0.381 e. The van der Waals surface area contributed by atoms with Crippen LogP contribution < -0.4 is 10.9 Å². The van der Waals surface area contributed by atoms with E-state index in [4.69, 9.17) is 4.74 Å². The molecule has 1 aliphatic rings. The Balaban J connectivity index is 1.75. The van der Waals surface area contributed by atoms with E-state index in [9.17, 15) is 4.79 Å². The summed E-state index contributed by atoms with van der Waals surface area (Å²) in [7, 11) is 0. The Labute approximate surface area is 111 Å². The molecule has 19 heavy (non-hydrogen) atoms. The summed E-state index contributed by atoms with van der Waals surface area (Å²) < 4.78 is 5.32. The Morgan fingerprint density at radius 2 is 2.11 bits per heavy atom. The van der Waals surface area contributed by atoms with Crippen molar-refractivity contribution in [2.75, 3.05) is 13.2 Å². The fourth-order valence-corrected chi connectivity index (χ4v) is 2.36. The number of aromatic amines is 1. The zero-order valence-corrected chi connectivity index (χ0v) is 10.7. The summed E-state index contributed by atoms with van der Waals surface area (Å²) in [5, 5.41) is 4.05. The van der Waals surface area contributed by atoms with Crippen LogP contribution in [0.25, 0.3) is 10.9 Å². The zero-order chi connectivity index (χ0) is 13.1. The van der Waals surface area contributed by atoms with Crippen molar-refractivity contribution in [1.29, 1.82) is 0 Å². The second-order valence-corrected chi connectivity index (χ2v) is 4.80. The van der Waals surface area contributed by atoms with Gasteiger partial charge in [-0.15, -0.1) is 0 Å². The Hall–Kier alpha value is -1.72. The lowest BCUT2D eigenvalue weighted by atomic mass is 10.1. The van der Waals surface area contributed by atoms with Crippen LogP contribution in [-0.4, -0.2) is 29.2 Å². The lowest BCUT2D eigenvalue weighted by Gasteiger charge is -2.22. The first-order valence-corrected chi connectivity index (χ1v) is 6.62. The lowest BCUT2D eigenvalue weighted by molar-refractivity contribution is 0.0774. The molecular weight excluding hydrogens is 242 g/mol. The van der Waals surface area contributed by atoms with Gasteiger partial charge in [-0.1, -0.05) is 12.1 Å². The van der Waals surface area contributed by atoms with E-state index >= 15 is 0 Å². The van der Waals surface area contributed by atoms with Crippen LogP contribution in [0.1, 0.15) is 18.7 Å².